The van der Waals surface area contributed by atoms with Crippen LogP contribution in [0, 0.1) is 0 Å². The van der Waals surface area contributed by atoms with Crippen LogP contribution in [0.5, 0.6) is 0 Å². The number of hydrogen-bond acceptors (Lipinski definition) is 3. The van der Waals surface area contributed by atoms with E-state index in [1.165, 1.54) is 12.0 Å². The Hall–Kier alpha value is -1.84. The van der Waals surface area contributed by atoms with Gasteiger partial charge >= 0.3 is 5.97 Å². The Kier molecular flexibility index (Phi) is 2.41. The molecule has 4 nitrogen and oxygen atoms in total. The number of methoxy groups -OCH3 is 1. The van der Waals surface area contributed by atoms with E-state index in [2.05, 4.69) is 4.74 Å². The topological polar surface area (TPSA) is 46.6 Å². The van der Waals surface area contributed by atoms with Gasteiger partial charge in [0.25, 0.3) is 5.91 Å². The first kappa shape index (κ1) is 9.71. The van der Waals surface area contributed by atoms with Crippen molar-refractivity contribution < 1.29 is 14.3 Å². The van der Waals surface area contributed by atoms with Crippen molar-refractivity contribution >= 4 is 11.9 Å². The summed E-state index contributed by atoms with van der Waals surface area (Å²) in [5, 5.41) is 0. The summed E-state index contributed by atoms with van der Waals surface area (Å²) in [6.07, 6.45) is 0. The van der Waals surface area contributed by atoms with E-state index in [1.807, 2.05) is 18.2 Å². The molecule has 0 aliphatic carbocycles. The molecule has 1 amide bonds. The molecule has 1 heterocycles. The van der Waals surface area contributed by atoms with Gasteiger partial charge in [0.2, 0.25) is 0 Å². The first-order valence-corrected chi connectivity index (χ1v) is 4.66. The standard InChI is InChI=1S/C11H11NO3/c1-15-10(13)7-12-6-8-4-2-3-5-9(8)11(12)14/h2-5H,6-7H2,1H3. The molecule has 1 aliphatic heterocycles. The molecule has 0 bridgehead atoms. The lowest BCUT2D eigenvalue weighted by Gasteiger charge is -2.12. The SMILES string of the molecule is COC(=O)CN1Cc2ccccc2C1=O. The van der Waals surface area contributed by atoms with E-state index in [9.17, 15) is 9.59 Å². The van der Waals surface area contributed by atoms with Crippen LogP contribution in [0.3, 0.4) is 0 Å². The predicted octanol–water partition coefficient (Wildman–Crippen LogP) is 0.815. The maximum absolute atomic E-state index is 11.8. The van der Waals surface area contributed by atoms with E-state index >= 15 is 0 Å². The molecule has 2 rings (SSSR count). The predicted molar refractivity (Wildman–Crippen MR) is 53.2 cm³/mol. The number of nitrogens with zero attached hydrogens (tertiary/aromatic N) is 1. The lowest BCUT2D eigenvalue weighted by atomic mass is 10.1. The monoisotopic (exact) mass is 205 g/mol. The molecule has 0 aromatic heterocycles. The van der Waals surface area contributed by atoms with E-state index < -0.39 is 5.97 Å². The molecule has 1 aliphatic rings. The highest BCUT2D eigenvalue weighted by molar-refractivity contribution is 5.99. The molecule has 78 valence electrons. The summed E-state index contributed by atoms with van der Waals surface area (Å²) in [6.45, 7) is 0.508. The second kappa shape index (κ2) is 3.73. The Morgan fingerprint density at radius 1 is 1.47 bits per heavy atom. The zero-order valence-corrected chi connectivity index (χ0v) is 8.40. The number of ether oxygens (including phenoxy) is 1. The summed E-state index contributed by atoms with van der Waals surface area (Å²) >= 11 is 0. The van der Waals surface area contributed by atoms with Crippen molar-refractivity contribution in [1.29, 1.82) is 0 Å². The van der Waals surface area contributed by atoms with Gasteiger partial charge in [0.05, 0.1) is 7.11 Å². The van der Waals surface area contributed by atoms with Crippen molar-refractivity contribution in [2.45, 2.75) is 6.54 Å². The minimum atomic E-state index is -0.392. The Balaban J connectivity index is 2.17. The van der Waals surface area contributed by atoms with Gasteiger partial charge in [-0.15, -0.1) is 0 Å². The summed E-state index contributed by atoms with van der Waals surface area (Å²) in [5.41, 5.74) is 1.65. The first-order valence-electron chi connectivity index (χ1n) is 4.66. The fraction of sp³-hybridized carbons (Fsp3) is 0.273. The highest BCUT2D eigenvalue weighted by atomic mass is 16.5. The van der Waals surface area contributed by atoms with Crippen molar-refractivity contribution in [3.05, 3.63) is 35.4 Å². The molecule has 0 atom stereocenters. The second-order valence-electron chi connectivity index (χ2n) is 3.39. The number of fused-ring (bicyclic) bond motifs is 1. The summed E-state index contributed by atoms with van der Waals surface area (Å²) in [4.78, 5) is 24.3. The van der Waals surface area contributed by atoms with Gasteiger partial charge in [0.15, 0.2) is 0 Å². The molecule has 0 radical (unpaired) electrons. The van der Waals surface area contributed by atoms with E-state index in [0.717, 1.165) is 5.56 Å². The molecular formula is C11H11NO3. The largest absolute Gasteiger partial charge is 0.468 e. The van der Waals surface area contributed by atoms with Crippen LogP contribution in [0.15, 0.2) is 24.3 Å². The number of amides is 1. The fourth-order valence-corrected chi connectivity index (χ4v) is 1.66. The van der Waals surface area contributed by atoms with Crippen molar-refractivity contribution in [2.24, 2.45) is 0 Å². The van der Waals surface area contributed by atoms with Gasteiger partial charge in [-0.05, 0) is 11.6 Å². The molecule has 0 spiro atoms. The number of hydrogen-bond donors (Lipinski definition) is 0. The van der Waals surface area contributed by atoms with Gasteiger partial charge in [-0.3, -0.25) is 9.59 Å². The average molecular weight is 205 g/mol. The van der Waals surface area contributed by atoms with Crippen LogP contribution in [0.25, 0.3) is 0 Å². The van der Waals surface area contributed by atoms with Gasteiger partial charge in [0, 0.05) is 12.1 Å². The summed E-state index contributed by atoms with van der Waals surface area (Å²) in [6, 6.07) is 7.37. The number of rotatable bonds is 2. The molecule has 0 saturated heterocycles. The zero-order valence-electron chi connectivity index (χ0n) is 8.40. The van der Waals surface area contributed by atoms with Crippen LogP contribution in [0.2, 0.25) is 0 Å². The molecule has 0 fully saturated rings. The van der Waals surface area contributed by atoms with Crippen molar-refractivity contribution in [2.75, 3.05) is 13.7 Å². The third-order valence-electron chi connectivity index (χ3n) is 2.44. The zero-order chi connectivity index (χ0) is 10.8. The van der Waals surface area contributed by atoms with Crippen molar-refractivity contribution in [3.8, 4) is 0 Å². The molecule has 1 aromatic rings. The molecule has 15 heavy (non-hydrogen) atoms. The highest BCUT2D eigenvalue weighted by Gasteiger charge is 2.28. The van der Waals surface area contributed by atoms with Gasteiger partial charge < -0.3 is 9.64 Å². The lowest BCUT2D eigenvalue weighted by molar-refractivity contribution is -0.141. The first-order chi connectivity index (χ1) is 7.22. The summed E-state index contributed by atoms with van der Waals surface area (Å²) < 4.78 is 4.53. The van der Waals surface area contributed by atoms with Crippen LogP contribution >= 0.6 is 0 Å². The Morgan fingerprint density at radius 2 is 2.20 bits per heavy atom. The van der Waals surface area contributed by atoms with E-state index in [1.54, 1.807) is 6.07 Å². The molecular weight excluding hydrogens is 194 g/mol. The number of carbonyl (C=O) groups is 2. The molecule has 0 unspecified atom stereocenters. The fourth-order valence-electron chi connectivity index (χ4n) is 1.66. The van der Waals surface area contributed by atoms with E-state index in [0.29, 0.717) is 12.1 Å². The van der Waals surface area contributed by atoms with Crippen molar-refractivity contribution in [3.63, 3.8) is 0 Å². The normalized spacial score (nSPS) is 13.9. The van der Waals surface area contributed by atoms with Crippen molar-refractivity contribution in [1.82, 2.24) is 4.90 Å². The number of benzene rings is 1. The third-order valence-corrected chi connectivity index (χ3v) is 2.44. The van der Waals surface area contributed by atoms with Crippen LogP contribution in [0.1, 0.15) is 15.9 Å². The second-order valence-corrected chi connectivity index (χ2v) is 3.39. The minimum absolute atomic E-state index is 0.0179. The summed E-state index contributed by atoms with van der Waals surface area (Å²) in [5.74, 6) is -0.493. The maximum atomic E-state index is 11.8. The molecule has 1 aromatic carbocycles. The van der Waals surface area contributed by atoms with Gasteiger partial charge in [-0.1, -0.05) is 18.2 Å². The van der Waals surface area contributed by atoms with E-state index in [-0.39, 0.29) is 12.5 Å². The highest BCUT2D eigenvalue weighted by Crippen LogP contribution is 2.21. The Bertz CT molecular complexity index is 414. The van der Waals surface area contributed by atoms with Crippen LogP contribution in [-0.2, 0) is 16.1 Å². The molecule has 0 saturated carbocycles. The van der Waals surface area contributed by atoms with Crippen LogP contribution in [0.4, 0.5) is 0 Å². The lowest BCUT2D eigenvalue weighted by Crippen LogP contribution is -2.30. The number of esters is 1. The molecule has 0 N–H and O–H groups in total. The van der Waals surface area contributed by atoms with Gasteiger partial charge in [-0.25, -0.2) is 0 Å². The Labute approximate surface area is 87.4 Å². The summed E-state index contributed by atoms with van der Waals surface area (Å²) in [7, 11) is 1.32. The minimum Gasteiger partial charge on any atom is -0.468 e. The van der Waals surface area contributed by atoms with Gasteiger partial charge in [-0.2, -0.15) is 0 Å². The quantitative estimate of drug-likeness (QED) is 0.671. The molecule has 4 heteroatoms. The average Bonchev–Trinajstić information content (AvgIpc) is 2.57. The van der Waals surface area contributed by atoms with Crippen LogP contribution in [-0.4, -0.2) is 30.4 Å². The number of carbonyl (C=O) groups excluding carboxylic acids is 2. The van der Waals surface area contributed by atoms with Gasteiger partial charge in [0.1, 0.15) is 6.54 Å². The van der Waals surface area contributed by atoms with E-state index in [4.69, 9.17) is 0 Å². The smallest absolute Gasteiger partial charge is 0.325 e. The third kappa shape index (κ3) is 1.70. The van der Waals surface area contributed by atoms with Crippen LogP contribution < -0.4 is 0 Å². The Morgan fingerprint density at radius 3 is 2.87 bits per heavy atom. The maximum Gasteiger partial charge on any atom is 0.325 e.